The zero-order valence-corrected chi connectivity index (χ0v) is 15.3. The second kappa shape index (κ2) is 7.19. The monoisotopic (exact) mass is 367 g/mol. The quantitative estimate of drug-likeness (QED) is 0.750. The van der Waals surface area contributed by atoms with E-state index in [1.807, 2.05) is 36.7 Å². The van der Waals surface area contributed by atoms with Gasteiger partial charge in [-0.05, 0) is 44.2 Å². The predicted molar refractivity (Wildman–Crippen MR) is 98.3 cm³/mol. The number of aromatic nitrogens is 2. The maximum absolute atomic E-state index is 12.8. The molecule has 0 fully saturated rings. The molecule has 0 aliphatic carbocycles. The molecule has 7 nitrogen and oxygen atoms in total. The van der Waals surface area contributed by atoms with Crippen molar-refractivity contribution < 1.29 is 18.7 Å². The van der Waals surface area contributed by atoms with E-state index in [4.69, 9.17) is 13.9 Å². The van der Waals surface area contributed by atoms with E-state index in [2.05, 4.69) is 10.4 Å². The van der Waals surface area contributed by atoms with Crippen molar-refractivity contribution in [3.05, 3.63) is 65.4 Å². The van der Waals surface area contributed by atoms with E-state index in [-0.39, 0.29) is 11.9 Å². The van der Waals surface area contributed by atoms with E-state index in [9.17, 15) is 4.79 Å². The van der Waals surface area contributed by atoms with Crippen LogP contribution in [0, 0.1) is 13.8 Å². The average Bonchev–Trinajstić information content (AvgIpc) is 3.31. The number of ether oxygens (including phenoxy) is 2. The Kier molecular flexibility index (Phi) is 4.58. The molecule has 1 atom stereocenters. The molecule has 0 bridgehead atoms. The summed E-state index contributed by atoms with van der Waals surface area (Å²) in [4.78, 5) is 12.8. The van der Waals surface area contributed by atoms with E-state index >= 15 is 0 Å². The fourth-order valence-corrected chi connectivity index (χ4v) is 3.29. The lowest BCUT2D eigenvalue weighted by molar-refractivity contribution is 0.0937. The maximum atomic E-state index is 12.8. The van der Waals surface area contributed by atoms with Gasteiger partial charge in [-0.2, -0.15) is 5.10 Å². The number of carbonyl (C=O) groups excluding carboxylic acids is 1. The lowest BCUT2D eigenvalue weighted by atomic mass is 10.1. The molecule has 3 heterocycles. The average molecular weight is 367 g/mol. The van der Waals surface area contributed by atoms with Crippen LogP contribution in [0.4, 0.5) is 0 Å². The lowest BCUT2D eigenvalue weighted by Gasteiger charge is -2.21. The Labute approximate surface area is 156 Å². The third-order valence-corrected chi connectivity index (χ3v) is 4.48. The largest absolute Gasteiger partial charge is 0.486 e. The highest BCUT2D eigenvalue weighted by molar-refractivity contribution is 5.97. The summed E-state index contributed by atoms with van der Waals surface area (Å²) < 4.78 is 18.6. The van der Waals surface area contributed by atoms with Crippen LogP contribution in [0.15, 0.2) is 47.1 Å². The number of para-hydroxylation sites is 1. The summed E-state index contributed by atoms with van der Waals surface area (Å²) in [7, 11) is 0. The number of aryl methyl sites for hydroxylation is 2. The van der Waals surface area contributed by atoms with E-state index < -0.39 is 0 Å². The van der Waals surface area contributed by atoms with Crippen molar-refractivity contribution in [2.24, 2.45) is 0 Å². The molecule has 1 aromatic carbocycles. The first-order chi connectivity index (χ1) is 13.1. The summed E-state index contributed by atoms with van der Waals surface area (Å²) in [5.74, 6) is 1.59. The first kappa shape index (κ1) is 17.2. The molecular weight excluding hydrogens is 346 g/mol. The van der Waals surface area contributed by atoms with Crippen LogP contribution in [0.3, 0.4) is 0 Å². The van der Waals surface area contributed by atoms with E-state index in [1.165, 1.54) is 0 Å². The number of benzene rings is 1. The topological polar surface area (TPSA) is 78.5 Å². The number of rotatable bonds is 5. The van der Waals surface area contributed by atoms with Crippen LogP contribution in [0.1, 0.15) is 33.5 Å². The SMILES string of the molecule is Cc1cc(C)n(C(CNC(=O)c2cccc3c2OCCO3)c2ccco2)n1. The number of furan rings is 1. The lowest BCUT2D eigenvalue weighted by Crippen LogP contribution is -2.32. The van der Waals surface area contributed by atoms with Crippen molar-refractivity contribution in [2.75, 3.05) is 19.8 Å². The van der Waals surface area contributed by atoms with Crippen molar-refractivity contribution in [1.82, 2.24) is 15.1 Å². The van der Waals surface area contributed by atoms with Crippen LogP contribution in [-0.2, 0) is 0 Å². The van der Waals surface area contributed by atoms with Gasteiger partial charge in [0.2, 0.25) is 0 Å². The molecule has 1 amide bonds. The molecule has 0 saturated heterocycles. The highest BCUT2D eigenvalue weighted by Crippen LogP contribution is 2.33. The van der Waals surface area contributed by atoms with Crippen molar-refractivity contribution in [1.29, 1.82) is 0 Å². The molecule has 3 aromatic rings. The number of fused-ring (bicyclic) bond motifs is 1. The standard InChI is InChI=1S/C20H21N3O4/c1-13-11-14(2)23(22-13)16(17-7-4-8-25-17)12-21-20(24)15-5-3-6-18-19(15)27-10-9-26-18/h3-8,11,16H,9-10,12H2,1-2H3,(H,21,24). The van der Waals surface area contributed by atoms with Gasteiger partial charge in [-0.1, -0.05) is 6.07 Å². The number of hydrogen-bond donors (Lipinski definition) is 1. The van der Waals surface area contributed by atoms with Crippen LogP contribution in [0.5, 0.6) is 11.5 Å². The Hall–Kier alpha value is -3.22. The van der Waals surface area contributed by atoms with Crippen LogP contribution in [0.2, 0.25) is 0 Å². The Morgan fingerprint density at radius 2 is 2.07 bits per heavy atom. The van der Waals surface area contributed by atoms with Crippen LogP contribution < -0.4 is 14.8 Å². The fraction of sp³-hybridized carbons (Fsp3) is 0.300. The number of amides is 1. The summed E-state index contributed by atoms with van der Waals surface area (Å²) in [6.45, 7) is 5.17. The maximum Gasteiger partial charge on any atom is 0.255 e. The summed E-state index contributed by atoms with van der Waals surface area (Å²) >= 11 is 0. The van der Waals surface area contributed by atoms with Crippen molar-refractivity contribution in [3.8, 4) is 11.5 Å². The molecule has 1 N–H and O–H groups in total. The zero-order valence-electron chi connectivity index (χ0n) is 15.3. The fourth-order valence-electron chi connectivity index (χ4n) is 3.29. The molecule has 7 heteroatoms. The van der Waals surface area contributed by atoms with Crippen LogP contribution >= 0.6 is 0 Å². The molecule has 1 aliphatic rings. The number of carbonyl (C=O) groups is 1. The molecule has 2 aromatic heterocycles. The number of hydrogen-bond acceptors (Lipinski definition) is 5. The summed E-state index contributed by atoms with van der Waals surface area (Å²) in [5, 5.41) is 7.53. The highest BCUT2D eigenvalue weighted by atomic mass is 16.6. The van der Waals surface area contributed by atoms with Crippen molar-refractivity contribution >= 4 is 5.91 Å². The molecule has 27 heavy (non-hydrogen) atoms. The molecule has 0 spiro atoms. The minimum Gasteiger partial charge on any atom is -0.486 e. The smallest absolute Gasteiger partial charge is 0.255 e. The molecule has 0 radical (unpaired) electrons. The van der Waals surface area contributed by atoms with Gasteiger partial charge in [-0.25, -0.2) is 0 Å². The van der Waals surface area contributed by atoms with Gasteiger partial charge in [-0.15, -0.1) is 0 Å². The first-order valence-corrected chi connectivity index (χ1v) is 8.86. The Balaban J connectivity index is 1.57. The van der Waals surface area contributed by atoms with Gasteiger partial charge < -0.3 is 19.2 Å². The molecule has 1 aliphatic heterocycles. The Morgan fingerprint density at radius 1 is 1.22 bits per heavy atom. The van der Waals surface area contributed by atoms with Gasteiger partial charge in [0, 0.05) is 12.2 Å². The van der Waals surface area contributed by atoms with Gasteiger partial charge in [-0.3, -0.25) is 9.48 Å². The zero-order chi connectivity index (χ0) is 18.8. The minimum atomic E-state index is -0.241. The number of nitrogens with one attached hydrogen (secondary N) is 1. The summed E-state index contributed by atoms with van der Waals surface area (Å²) in [6.07, 6.45) is 1.62. The third kappa shape index (κ3) is 3.40. The van der Waals surface area contributed by atoms with Crippen LogP contribution in [-0.4, -0.2) is 35.4 Å². The summed E-state index contributed by atoms with van der Waals surface area (Å²) in [5.41, 5.74) is 2.37. The normalized spacial score (nSPS) is 14.0. The molecule has 4 rings (SSSR count). The van der Waals surface area contributed by atoms with E-state index in [0.717, 1.165) is 17.1 Å². The predicted octanol–water partition coefficient (Wildman–Crippen LogP) is 2.88. The van der Waals surface area contributed by atoms with Gasteiger partial charge in [0.25, 0.3) is 5.91 Å². The van der Waals surface area contributed by atoms with Gasteiger partial charge in [0.1, 0.15) is 25.0 Å². The number of nitrogens with zero attached hydrogens (tertiary/aromatic N) is 2. The Bertz CT molecular complexity index is 946. The van der Waals surface area contributed by atoms with Crippen LogP contribution in [0.25, 0.3) is 0 Å². The molecule has 140 valence electrons. The van der Waals surface area contributed by atoms with E-state index in [1.54, 1.807) is 24.5 Å². The third-order valence-electron chi connectivity index (χ3n) is 4.48. The summed E-state index contributed by atoms with van der Waals surface area (Å²) in [6, 6.07) is 10.8. The van der Waals surface area contributed by atoms with Gasteiger partial charge in [0.15, 0.2) is 11.5 Å². The highest BCUT2D eigenvalue weighted by Gasteiger charge is 2.24. The second-order valence-corrected chi connectivity index (χ2v) is 6.44. The van der Waals surface area contributed by atoms with E-state index in [0.29, 0.717) is 36.8 Å². The van der Waals surface area contributed by atoms with Crippen molar-refractivity contribution in [3.63, 3.8) is 0 Å². The van der Waals surface area contributed by atoms with Crippen molar-refractivity contribution in [2.45, 2.75) is 19.9 Å². The first-order valence-electron chi connectivity index (χ1n) is 8.86. The second-order valence-electron chi connectivity index (χ2n) is 6.44. The molecular formula is C20H21N3O4. The molecule has 1 unspecified atom stereocenters. The van der Waals surface area contributed by atoms with Gasteiger partial charge in [0.05, 0.1) is 17.5 Å². The van der Waals surface area contributed by atoms with Gasteiger partial charge >= 0.3 is 0 Å². The minimum absolute atomic E-state index is 0.226. The molecule has 0 saturated carbocycles. The Morgan fingerprint density at radius 3 is 2.81 bits per heavy atom.